The molecule has 2 aliphatic rings. The molecule has 1 atom stereocenters. The van der Waals surface area contributed by atoms with Crippen molar-refractivity contribution in [1.29, 1.82) is 0 Å². The van der Waals surface area contributed by atoms with Crippen molar-refractivity contribution < 1.29 is 19.2 Å². The third-order valence-corrected chi connectivity index (χ3v) is 8.10. The Hall–Kier alpha value is -3.97. The Morgan fingerprint density at radius 2 is 1.51 bits per heavy atom. The van der Waals surface area contributed by atoms with E-state index in [9.17, 15) is 19.2 Å². The minimum Gasteiger partial charge on any atom is -0.352 e. The fourth-order valence-electron chi connectivity index (χ4n) is 5.73. The zero-order valence-corrected chi connectivity index (χ0v) is 23.7. The van der Waals surface area contributed by atoms with E-state index in [-0.39, 0.29) is 49.2 Å². The molecule has 0 bridgehead atoms. The maximum Gasteiger partial charge on any atom is 0.261 e. The second-order valence-corrected chi connectivity index (χ2v) is 11.2. The summed E-state index contributed by atoms with van der Waals surface area (Å²) >= 11 is 6.26. The van der Waals surface area contributed by atoms with E-state index in [1.807, 2.05) is 42.5 Å². The normalized spacial score (nSPS) is 15.6. The van der Waals surface area contributed by atoms with Crippen molar-refractivity contribution in [2.75, 3.05) is 6.54 Å². The van der Waals surface area contributed by atoms with E-state index in [4.69, 9.17) is 11.6 Å². The fourth-order valence-corrected chi connectivity index (χ4v) is 5.94. The molecule has 3 aromatic carbocycles. The molecule has 1 fully saturated rings. The lowest BCUT2D eigenvalue weighted by molar-refractivity contribution is -0.141. The minimum absolute atomic E-state index is 0.0793. The number of hydrogen-bond donors (Lipinski definition) is 1. The van der Waals surface area contributed by atoms with Gasteiger partial charge in [-0.3, -0.25) is 24.1 Å². The summed E-state index contributed by atoms with van der Waals surface area (Å²) in [6.45, 7) is 0.336. The third-order valence-electron chi connectivity index (χ3n) is 7.87. The molecular weight excluding hydrogens is 538 g/mol. The van der Waals surface area contributed by atoms with Gasteiger partial charge >= 0.3 is 0 Å². The highest BCUT2D eigenvalue weighted by atomic mass is 35.5. The van der Waals surface area contributed by atoms with Crippen LogP contribution in [0.15, 0.2) is 78.9 Å². The molecule has 1 heterocycles. The predicted octanol–water partition coefficient (Wildman–Crippen LogP) is 5.42. The van der Waals surface area contributed by atoms with Crippen LogP contribution in [0.4, 0.5) is 0 Å². The van der Waals surface area contributed by atoms with E-state index in [0.717, 1.165) is 36.8 Å². The van der Waals surface area contributed by atoms with Crippen molar-refractivity contribution in [3.05, 3.63) is 106 Å². The summed E-state index contributed by atoms with van der Waals surface area (Å²) in [5, 5.41) is 3.75. The summed E-state index contributed by atoms with van der Waals surface area (Å²) in [7, 11) is 0. The Bertz CT molecular complexity index is 1390. The van der Waals surface area contributed by atoms with E-state index in [0.29, 0.717) is 29.0 Å². The van der Waals surface area contributed by atoms with Crippen molar-refractivity contribution in [2.45, 2.75) is 63.6 Å². The Balaban J connectivity index is 1.35. The molecule has 0 saturated heterocycles. The van der Waals surface area contributed by atoms with Gasteiger partial charge in [0.25, 0.3) is 11.8 Å². The molecule has 1 saturated carbocycles. The number of hydrogen-bond acceptors (Lipinski definition) is 4. The largest absolute Gasteiger partial charge is 0.352 e. The number of amides is 4. The number of nitrogens with one attached hydrogen (secondary N) is 1. The summed E-state index contributed by atoms with van der Waals surface area (Å²) in [5.74, 6) is -1.07. The van der Waals surface area contributed by atoms with Gasteiger partial charge in [0.2, 0.25) is 11.8 Å². The second-order valence-electron chi connectivity index (χ2n) is 10.8. The zero-order valence-electron chi connectivity index (χ0n) is 22.9. The average molecular weight is 572 g/mol. The smallest absolute Gasteiger partial charge is 0.261 e. The second kappa shape index (κ2) is 13.1. The topological polar surface area (TPSA) is 86.8 Å². The van der Waals surface area contributed by atoms with Crippen molar-refractivity contribution in [3.63, 3.8) is 0 Å². The minimum atomic E-state index is -0.733. The molecule has 0 spiro atoms. The van der Waals surface area contributed by atoms with Crippen LogP contribution in [0, 0.1) is 0 Å². The molecule has 8 heteroatoms. The third kappa shape index (κ3) is 6.85. The molecule has 212 valence electrons. The number of benzene rings is 3. The Morgan fingerprint density at radius 1 is 0.878 bits per heavy atom. The van der Waals surface area contributed by atoms with Crippen LogP contribution in [-0.4, -0.2) is 52.1 Å². The highest BCUT2D eigenvalue weighted by Crippen LogP contribution is 2.24. The molecule has 3 aromatic rings. The molecule has 0 radical (unpaired) electrons. The monoisotopic (exact) mass is 571 g/mol. The van der Waals surface area contributed by atoms with Gasteiger partial charge in [0.1, 0.15) is 6.04 Å². The van der Waals surface area contributed by atoms with Gasteiger partial charge in [-0.25, -0.2) is 0 Å². The Labute approximate surface area is 245 Å². The molecule has 1 aliphatic carbocycles. The molecule has 5 rings (SSSR count). The van der Waals surface area contributed by atoms with Gasteiger partial charge in [0, 0.05) is 37.0 Å². The summed E-state index contributed by atoms with van der Waals surface area (Å²) in [6.07, 6.45) is 4.77. The van der Waals surface area contributed by atoms with Crippen molar-refractivity contribution in [2.24, 2.45) is 0 Å². The SMILES string of the molecule is O=C(NC1CCCC1)[C@@H](Cc1ccccc1)N(Cc1cccc(Cl)c1)C(=O)CCCN1C(=O)c2ccccc2C1=O. The highest BCUT2D eigenvalue weighted by Gasteiger charge is 2.36. The van der Waals surface area contributed by atoms with Gasteiger partial charge in [0.05, 0.1) is 11.1 Å². The molecule has 0 unspecified atom stereocenters. The number of halogens is 1. The summed E-state index contributed by atoms with van der Waals surface area (Å²) in [4.78, 5) is 56.1. The zero-order chi connectivity index (χ0) is 28.8. The van der Waals surface area contributed by atoms with Crippen LogP contribution < -0.4 is 5.32 Å². The van der Waals surface area contributed by atoms with Gasteiger partial charge in [-0.15, -0.1) is 0 Å². The summed E-state index contributed by atoms with van der Waals surface area (Å²) < 4.78 is 0. The van der Waals surface area contributed by atoms with Crippen LogP contribution >= 0.6 is 11.6 Å². The van der Waals surface area contributed by atoms with E-state index < -0.39 is 6.04 Å². The van der Waals surface area contributed by atoms with E-state index in [1.54, 1.807) is 41.3 Å². The number of fused-ring (bicyclic) bond motifs is 1. The number of carbonyl (C=O) groups excluding carboxylic acids is 4. The lowest BCUT2D eigenvalue weighted by Gasteiger charge is -2.32. The van der Waals surface area contributed by atoms with Crippen LogP contribution in [-0.2, 0) is 22.6 Å². The van der Waals surface area contributed by atoms with Crippen molar-refractivity contribution in [3.8, 4) is 0 Å². The number of rotatable bonds is 11. The van der Waals surface area contributed by atoms with Crippen LogP contribution in [0.3, 0.4) is 0 Å². The first-order valence-corrected chi connectivity index (χ1v) is 14.6. The summed E-state index contributed by atoms with van der Waals surface area (Å²) in [6, 6.07) is 23.1. The van der Waals surface area contributed by atoms with Crippen LogP contribution in [0.5, 0.6) is 0 Å². The molecule has 4 amide bonds. The number of imide groups is 1. The van der Waals surface area contributed by atoms with Crippen LogP contribution in [0.2, 0.25) is 5.02 Å². The Kier molecular flexibility index (Phi) is 9.14. The number of carbonyl (C=O) groups is 4. The first kappa shape index (κ1) is 28.6. The quantitative estimate of drug-likeness (QED) is 0.312. The van der Waals surface area contributed by atoms with E-state index in [1.165, 1.54) is 4.90 Å². The molecule has 1 aliphatic heterocycles. The Morgan fingerprint density at radius 3 is 2.17 bits per heavy atom. The van der Waals surface area contributed by atoms with Crippen LogP contribution in [0.25, 0.3) is 0 Å². The lowest BCUT2D eigenvalue weighted by Crippen LogP contribution is -2.52. The van der Waals surface area contributed by atoms with Crippen LogP contribution in [0.1, 0.15) is 70.4 Å². The molecule has 0 aromatic heterocycles. The molecule has 1 N–H and O–H groups in total. The van der Waals surface area contributed by atoms with Gasteiger partial charge in [0.15, 0.2) is 0 Å². The molecule has 7 nitrogen and oxygen atoms in total. The molecule has 41 heavy (non-hydrogen) atoms. The van der Waals surface area contributed by atoms with Gasteiger partial charge < -0.3 is 10.2 Å². The van der Waals surface area contributed by atoms with E-state index in [2.05, 4.69) is 5.32 Å². The van der Waals surface area contributed by atoms with Crippen molar-refractivity contribution in [1.82, 2.24) is 15.1 Å². The van der Waals surface area contributed by atoms with E-state index >= 15 is 0 Å². The van der Waals surface area contributed by atoms with Gasteiger partial charge in [-0.1, -0.05) is 79.0 Å². The lowest BCUT2D eigenvalue weighted by atomic mass is 10.0. The van der Waals surface area contributed by atoms with Crippen molar-refractivity contribution >= 4 is 35.2 Å². The standard InChI is InChI=1S/C33H34ClN3O4/c34-25-13-8-12-24(20-25)22-37(29(21-23-10-2-1-3-11-23)31(39)35-26-14-4-5-15-26)30(38)18-9-19-36-32(40)27-16-6-7-17-28(27)33(36)41/h1-3,6-8,10-13,16-17,20,26,29H,4-5,9,14-15,18-19,21-22H2,(H,35,39)/t29-/m1/s1. The maximum absolute atomic E-state index is 13.9. The number of nitrogens with zero attached hydrogens (tertiary/aromatic N) is 2. The average Bonchev–Trinajstić information content (AvgIpc) is 3.57. The van der Waals surface area contributed by atoms with Gasteiger partial charge in [-0.2, -0.15) is 0 Å². The maximum atomic E-state index is 13.9. The first-order chi connectivity index (χ1) is 19.9. The summed E-state index contributed by atoms with van der Waals surface area (Å²) in [5.41, 5.74) is 2.54. The highest BCUT2D eigenvalue weighted by molar-refractivity contribution is 6.30. The van der Waals surface area contributed by atoms with Gasteiger partial charge in [-0.05, 0) is 54.7 Å². The first-order valence-electron chi connectivity index (χ1n) is 14.2. The molecular formula is C33H34ClN3O4. The predicted molar refractivity (Wildman–Crippen MR) is 157 cm³/mol. The fraction of sp³-hybridized carbons (Fsp3) is 0.333.